The van der Waals surface area contributed by atoms with Crippen LogP contribution >= 0.6 is 0 Å². The SMILES string of the molecule is NC(=NO)c1nccnc1OC1CCCCCC1. The van der Waals surface area contributed by atoms with Gasteiger partial charge in [0.15, 0.2) is 11.5 Å². The first-order chi connectivity index (χ1) is 8.81. The molecule has 98 valence electrons. The highest BCUT2D eigenvalue weighted by Crippen LogP contribution is 2.22. The first-order valence-corrected chi connectivity index (χ1v) is 6.27. The lowest BCUT2D eigenvalue weighted by atomic mass is 10.1. The minimum Gasteiger partial charge on any atom is -0.473 e. The first-order valence-electron chi connectivity index (χ1n) is 6.27. The minimum atomic E-state index is -0.0771. The smallest absolute Gasteiger partial charge is 0.244 e. The van der Waals surface area contributed by atoms with Crippen LogP contribution < -0.4 is 10.5 Å². The maximum Gasteiger partial charge on any atom is 0.244 e. The molecular formula is C12H18N4O2. The summed E-state index contributed by atoms with van der Waals surface area (Å²) in [7, 11) is 0. The molecule has 3 N–H and O–H groups in total. The second-order valence-electron chi connectivity index (χ2n) is 4.43. The van der Waals surface area contributed by atoms with Crippen LogP contribution in [0.3, 0.4) is 0 Å². The molecule has 1 aliphatic carbocycles. The highest BCUT2D eigenvalue weighted by atomic mass is 16.5. The second-order valence-corrected chi connectivity index (χ2v) is 4.43. The van der Waals surface area contributed by atoms with Crippen LogP contribution in [0.5, 0.6) is 5.88 Å². The molecule has 0 atom stereocenters. The summed E-state index contributed by atoms with van der Waals surface area (Å²) in [5, 5.41) is 11.6. The van der Waals surface area contributed by atoms with Crippen LogP contribution in [0.15, 0.2) is 17.5 Å². The fourth-order valence-electron chi connectivity index (χ4n) is 2.15. The van der Waals surface area contributed by atoms with Gasteiger partial charge in [-0.3, -0.25) is 0 Å². The molecule has 0 bridgehead atoms. The van der Waals surface area contributed by atoms with Gasteiger partial charge < -0.3 is 15.7 Å². The standard InChI is InChI=1S/C12H18N4O2/c13-11(16-17)10-12(15-8-7-14-10)18-9-5-3-1-2-4-6-9/h7-9,17H,1-6H2,(H2,13,16). The van der Waals surface area contributed by atoms with Crippen molar-refractivity contribution < 1.29 is 9.94 Å². The van der Waals surface area contributed by atoms with E-state index >= 15 is 0 Å². The van der Waals surface area contributed by atoms with Crippen LogP contribution in [0.25, 0.3) is 0 Å². The van der Waals surface area contributed by atoms with E-state index in [0.29, 0.717) is 11.6 Å². The Hall–Kier alpha value is -1.85. The predicted molar refractivity (Wildman–Crippen MR) is 66.7 cm³/mol. The van der Waals surface area contributed by atoms with Crippen LogP contribution in [-0.2, 0) is 0 Å². The van der Waals surface area contributed by atoms with Crippen molar-refractivity contribution in [2.75, 3.05) is 0 Å². The van der Waals surface area contributed by atoms with Crippen molar-refractivity contribution in [2.24, 2.45) is 10.9 Å². The molecule has 18 heavy (non-hydrogen) atoms. The number of ether oxygens (including phenoxy) is 1. The summed E-state index contributed by atoms with van der Waals surface area (Å²) in [6, 6.07) is 0. The third-order valence-corrected chi connectivity index (χ3v) is 3.10. The average molecular weight is 250 g/mol. The molecule has 1 fully saturated rings. The Labute approximate surface area is 106 Å². The van der Waals surface area contributed by atoms with Crippen molar-refractivity contribution in [3.05, 3.63) is 18.1 Å². The van der Waals surface area contributed by atoms with E-state index in [1.807, 2.05) is 0 Å². The maximum atomic E-state index is 8.70. The number of hydrogen-bond donors (Lipinski definition) is 2. The molecule has 1 aromatic heterocycles. The van der Waals surface area contributed by atoms with E-state index in [1.165, 1.54) is 31.9 Å². The van der Waals surface area contributed by atoms with Gasteiger partial charge in [-0.15, -0.1) is 0 Å². The van der Waals surface area contributed by atoms with Gasteiger partial charge in [0.25, 0.3) is 0 Å². The Bertz CT molecular complexity index is 414. The molecule has 2 rings (SSSR count). The second kappa shape index (κ2) is 6.18. The lowest BCUT2D eigenvalue weighted by Crippen LogP contribution is -2.21. The van der Waals surface area contributed by atoms with Crippen LogP contribution in [0.4, 0.5) is 0 Å². The van der Waals surface area contributed by atoms with Crippen LogP contribution in [0.1, 0.15) is 44.2 Å². The van der Waals surface area contributed by atoms with Gasteiger partial charge in [-0.05, 0) is 25.7 Å². The van der Waals surface area contributed by atoms with Crippen molar-refractivity contribution in [1.82, 2.24) is 9.97 Å². The number of aromatic nitrogens is 2. The Morgan fingerprint density at radius 1 is 1.22 bits per heavy atom. The molecule has 0 spiro atoms. The van der Waals surface area contributed by atoms with E-state index < -0.39 is 0 Å². The third-order valence-electron chi connectivity index (χ3n) is 3.10. The summed E-state index contributed by atoms with van der Waals surface area (Å²) >= 11 is 0. The monoisotopic (exact) mass is 250 g/mol. The molecule has 0 saturated heterocycles. The number of hydrogen-bond acceptors (Lipinski definition) is 5. The number of oxime groups is 1. The summed E-state index contributed by atoms with van der Waals surface area (Å²) < 4.78 is 5.84. The van der Waals surface area contributed by atoms with Crippen molar-refractivity contribution >= 4 is 5.84 Å². The zero-order chi connectivity index (χ0) is 12.8. The molecule has 6 heteroatoms. The number of amidine groups is 1. The summed E-state index contributed by atoms with van der Waals surface area (Å²) in [5.41, 5.74) is 5.84. The van der Waals surface area contributed by atoms with Gasteiger partial charge in [0.1, 0.15) is 6.10 Å². The quantitative estimate of drug-likeness (QED) is 0.280. The molecule has 1 saturated carbocycles. The van der Waals surface area contributed by atoms with Gasteiger partial charge in [0.05, 0.1) is 0 Å². The van der Waals surface area contributed by atoms with Crippen molar-refractivity contribution in [3.8, 4) is 5.88 Å². The molecule has 1 aromatic rings. The molecule has 0 radical (unpaired) electrons. The minimum absolute atomic E-state index is 0.0771. The van der Waals surface area contributed by atoms with Crippen molar-refractivity contribution in [2.45, 2.75) is 44.6 Å². The van der Waals surface area contributed by atoms with Crippen molar-refractivity contribution in [1.29, 1.82) is 0 Å². The average Bonchev–Trinajstić information content (AvgIpc) is 2.67. The zero-order valence-corrected chi connectivity index (χ0v) is 10.2. The van der Waals surface area contributed by atoms with E-state index in [2.05, 4.69) is 15.1 Å². The summed E-state index contributed by atoms with van der Waals surface area (Å²) in [6.07, 6.45) is 10.1. The van der Waals surface area contributed by atoms with Crippen LogP contribution in [-0.4, -0.2) is 27.1 Å². The van der Waals surface area contributed by atoms with Gasteiger partial charge in [0.2, 0.25) is 5.88 Å². The van der Waals surface area contributed by atoms with Crippen molar-refractivity contribution in [3.63, 3.8) is 0 Å². The topological polar surface area (TPSA) is 93.6 Å². The van der Waals surface area contributed by atoms with E-state index in [9.17, 15) is 0 Å². The lowest BCUT2D eigenvalue weighted by molar-refractivity contribution is 0.175. The summed E-state index contributed by atoms with van der Waals surface area (Å²) in [4.78, 5) is 8.15. The number of rotatable bonds is 3. The molecule has 0 amide bonds. The first kappa shape index (κ1) is 12.6. The Morgan fingerprint density at radius 2 is 1.89 bits per heavy atom. The number of nitrogens with zero attached hydrogens (tertiary/aromatic N) is 3. The molecule has 0 aromatic carbocycles. The molecule has 6 nitrogen and oxygen atoms in total. The zero-order valence-electron chi connectivity index (χ0n) is 10.2. The molecule has 1 aliphatic rings. The van der Waals surface area contributed by atoms with Crippen LogP contribution in [0.2, 0.25) is 0 Å². The normalized spacial score (nSPS) is 18.3. The van der Waals surface area contributed by atoms with Gasteiger partial charge >= 0.3 is 0 Å². The van der Waals surface area contributed by atoms with Gasteiger partial charge in [-0.1, -0.05) is 18.0 Å². The highest BCUT2D eigenvalue weighted by Gasteiger charge is 2.18. The fraction of sp³-hybridized carbons (Fsp3) is 0.583. The lowest BCUT2D eigenvalue weighted by Gasteiger charge is -2.17. The highest BCUT2D eigenvalue weighted by molar-refractivity contribution is 5.97. The molecule has 0 unspecified atom stereocenters. The van der Waals surface area contributed by atoms with E-state index in [4.69, 9.17) is 15.7 Å². The predicted octanol–water partition coefficient (Wildman–Crippen LogP) is 1.67. The fourth-order valence-corrected chi connectivity index (χ4v) is 2.15. The molecule has 1 heterocycles. The van der Waals surface area contributed by atoms with Gasteiger partial charge in [-0.25, -0.2) is 9.97 Å². The molecule has 0 aliphatic heterocycles. The van der Waals surface area contributed by atoms with Gasteiger partial charge in [-0.2, -0.15) is 0 Å². The Balaban J connectivity index is 2.12. The van der Waals surface area contributed by atoms with E-state index in [0.717, 1.165) is 12.8 Å². The third kappa shape index (κ3) is 3.09. The van der Waals surface area contributed by atoms with Crippen LogP contribution in [0, 0.1) is 0 Å². The largest absolute Gasteiger partial charge is 0.473 e. The maximum absolute atomic E-state index is 8.70. The van der Waals surface area contributed by atoms with E-state index in [1.54, 1.807) is 6.20 Å². The Morgan fingerprint density at radius 3 is 2.56 bits per heavy atom. The van der Waals surface area contributed by atoms with Gasteiger partial charge in [0, 0.05) is 12.4 Å². The Kier molecular flexibility index (Phi) is 4.33. The summed E-state index contributed by atoms with van der Waals surface area (Å²) in [5.74, 6) is 0.270. The number of nitrogens with two attached hydrogens (primary N) is 1. The van der Waals surface area contributed by atoms with E-state index in [-0.39, 0.29) is 11.9 Å². The molecular weight excluding hydrogens is 232 g/mol. The summed E-state index contributed by atoms with van der Waals surface area (Å²) in [6.45, 7) is 0.